The third kappa shape index (κ3) is 6.48. The number of hydrogen-bond acceptors (Lipinski definition) is 4. The van der Waals surface area contributed by atoms with Gasteiger partial charge in [-0.2, -0.15) is 5.10 Å². The van der Waals surface area contributed by atoms with E-state index >= 15 is 0 Å². The summed E-state index contributed by atoms with van der Waals surface area (Å²) in [5.41, 5.74) is 4.12. The van der Waals surface area contributed by atoms with Crippen molar-refractivity contribution in [3.05, 3.63) is 60.1 Å². The minimum atomic E-state index is -0.175. The Hall–Kier alpha value is -2.89. The first-order valence-corrected chi connectivity index (χ1v) is 7.78. The lowest BCUT2D eigenvalue weighted by molar-refractivity contribution is -0.121. The van der Waals surface area contributed by atoms with Gasteiger partial charge in [-0.3, -0.25) is 9.59 Å². The number of rotatable bonds is 8. The van der Waals surface area contributed by atoms with E-state index in [0.717, 1.165) is 5.56 Å². The molecule has 2 rings (SSSR count). The second-order valence-corrected chi connectivity index (χ2v) is 5.40. The van der Waals surface area contributed by atoms with Gasteiger partial charge in [-0.1, -0.05) is 30.3 Å². The molecule has 24 heavy (non-hydrogen) atoms. The smallest absolute Gasteiger partial charge is 0.240 e. The molecule has 0 saturated heterocycles. The largest absolute Gasteiger partial charge is 0.467 e. The van der Waals surface area contributed by atoms with Crippen molar-refractivity contribution in [3.8, 4) is 0 Å². The van der Waals surface area contributed by atoms with Gasteiger partial charge < -0.3 is 9.73 Å². The highest BCUT2D eigenvalue weighted by molar-refractivity contribution is 6.00. The molecule has 6 heteroatoms. The van der Waals surface area contributed by atoms with Crippen LogP contribution >= 0.6 is 0 Å². The summed E-state index contributed by atoms with van der Waals surface area (Å²) in [6, 6.07) is 13.3. The van der Waals surface area contributed by atoms with Crippen LogP contribution in [0.4, 0.5) is 0 Å². The molecule has 2 aromatic rings. The Morgan fingerprint density at radius 3 is 2.58 bits per heavy atom. The van der Waals surface area contributed by atoms with E-state index in [-0.39, 0.29) is 18.2 Å². The SMILES string of the molecule is CC(CC(=O)NCc1ccco1)=NNC(=O)CCc1ccccc1. The van der Waals surface area contributed by atoms with Gasteiger partial charge in [-0.15, -0.1) is 0 Å². The number of furan rings is 1. The van der Waals surface area contributed by atoms with Crippen molar-refractivity contribution < 1.29 is 14.0 Å². The van der Waals surface area contributed by atoms with E-state index in [1.54, 1.807) is 25.3 Å². The maximum absolute atomic E-state index is 11.8. The number of nitrogens with zero attached hydrogens (tertiary/aromatic N) is 1. The summed E-state index contributed by atoms with van der Waals surface area (Å²) in [5, 5.41) is 6.68. The van der Waals surface area contributed by atoms with Gasteiger partial charge in [0.25, 0.3) is 0 Å². The van der Waals surface area contributed by atoms with Crippen molar-refractivity contribution in [2.45, 2.75) is 32.7 Å². The first kappa shape index (κ1) is 17.5. The van der Waals surface area contributed by atoms with Crippen molar-refractivity contribution in [1.82, 2.24) is 10.7 Å². The van der Waals surface area contributed by atoms with Crippen LogP contribution in [0.2, 0.25) is 0 Å². The van der Waals surface area contributed by atoms with Gasteiger partial charge in [0.1, 0.15) is 5.76 Å². The highest BCUT2D eigenvalue weighted by Gasteiger charge is 2.06. The van der Waals surface area contributed by atoms with Crippen LogP contribution in [-0.2, 0) is 22.6 Å². The molecule has 0 aliphatic carbocycles. The zero-order chi connectivity index (χ0) is 17.2. The lowest BCUT2D eigenvalue weighted by atomic mass is 10.1. The molecule has 0 atom stereocenters. The zero-order valence-electron chi connectivity index (χ0n) is 13.6. The van der Waals surface area contributed by atoms with Crippen molar-refractivity contribution in [2.24, 2.45) is 5.10 Å². The molecule has 0 aliphatic heterocycles. The molecule has 0 aliphatic rings. The Kier molecular flexibility index (Phi) is 6.76. The molecular weight excluding hydrogens is 306 g/mol. The fourth-order valence-electron chi connectivity index (χ4n) is 2.05. The molecule has 2 amide bonds. The Balaban J connectivity index is 1.66. The van der Waals surface area contributed by atoms with Crippen LogP contribution in [0.5, 0.6) is 0 Å². The Morgan fingerprint density at radius 2 is 1.88 bits per heavy atom. The van der Waals surface area contributed by atoms with E-state index in [2.05, 4.69) is 15.8 Å². The van der Waals surface area contributed by atoms with Crippen LogP contribution in [-0.4, -0.2) is 17.5 Å². The van der Waals surface area contributed by atoms with E-state index in [0.29, 0.717) is 30.9 Å². The topological polar surface area (TPSA) is 83.7 Å². The lowest BCUT2D eigenvalue weighted by Crippen LogP contribution is -2.26. The highest BCUT2D eigenvalue weighted by Crippen LogP contribution is 2.02. The first-order valence-electron chi connectivity index (χ1n) is 7.78. The minimum absolute atomic E-state index is 0.125. The van der Waals surface area contributed by atoms with E-state index in [9.17, 15) is 9.59 Å². The summed E-state index contributed by atoms with van der Waals surface area (Å²) < 4.78 is 5.13. The van der Waals surface area contributed by atoms with Gasteiger partial charge in [-0.05, 0) is 31.0 Å². The average Bonchev–Trinajstić information content (AvgIpc) is 3.11. The normalized spacial score (nSPS) is 11.1. The Morgan fingerprint density at radius 1 is 1.08 bits per heavy atom. The molecule has 1 aromatic carbocycles. The van der Waals surface area contributed by atoms with Crippen LogP contribution in [0, 0.1) is 0 Å². The number of carbonyl (C=O) groups excluding carboxylic acids is 2. The van der Waals surface area contributed by atoms with Gasteiger partial charge >= 0.3 is 0 Å². The van der Waals surface area contributed by atoms with Crippen molar-refractivity contribution >= 4 is 17.5 Å². The van der Waals surface area contributed by atoms with Crippen LogP contribution in [0.1, 0.15) is 31.1 Å². The maximum Gasteiger partial charge on any atom is 0.240 e. The van der Waals surface area contributed by atoms with Crippen molar-refractivity contribution in [3.63, 3.8) is 0 Å². The molecule has 0 bridgehead atoms. The van der Waals surface area contributed by atoms with Crippen LogP contribution < -0.4 is 10.7 Å². The molecule has 0 fully saturated rings. The number of hydrogen-bond donors (Lipinski definition) is 2. The quantitative estimate of drug-likeness (QED) is 0.577. The van der Waals surface area contributed by atoms with Crippen LogP contribution in [0.25, 0.3) is 0 Å². The third-order valence-corrected chi connectivity index (χ3v) is 3.31. The summed E-state index contributed by atoms with van der Waals surface area (Å²) >= 11 is 0. The van der Waals surface area contributed by atoms with Crippen LogP contribution in [0.15, 0.2) is 58.2 Å². The molecule has 0 radical (unpaired) electrons. The van der Waals surface area contributed by atoms with Gasteiger partial charge in [-0.25, -0.2) is 5.43 Å². The number of amides is 2. The molecule has 126 valence electrons. The molecule has 6 nitrogen and oxygen atoms in total. The Bertz CT molecular complexity index is 679. The summed E-state index contributed by atoms with van der Waals surface area (Å²) in [6.45, 7) is 2.03. The second kappa shape index (κ2) is 9.29. The monoisotopic (exact) mass is 327 g/mol. The Labute approximate surface area is 140 Å². The van der Waals surface area contributed by atoms with Gasteiger partial charge in [0.05, 0.1) is 19.2 Å². The molecule has 1 aromatic heterocycles. The average molecular weight is 327 g/mol. The van der Waals surface area contributed by atoms with E-state index < -0.39 is 0 Å². The summed E-state index contributed by atoms with van der Waals surface area (Å²) in [4.78, 5) is 23.5. The predicted octanol–water partition coefficient (Wildman–Crippen LogP) is 2.41. The second-order valence-electron chi connectivity index (χ2n) is 5.40. The fraction of sp³-hybridized carbons (Fsp3) is 0.278. The molecule has 0 spiro atoms. The summed E-state index contributed by atoms with van der Waals surface area (Å²) in [7, 11) is 0. The third-order valence-electron chi connectivity index (χ3n) is 3.31. The minimum Gasteiger partial charge on any atom is -0.467 e. The van der Waals surface area contributed by atoms with Gasteiger partial charge in [0.2, 0.25) is 11.8 Å². The standard InChI is InChI=1S/C18H21N3O3/c1-14(12-18(23)19-13-16-8-5-11-24-16)20-21-17(22)10-9-15-6-3-2-4-7-15/h2-8,11H,9-10,12-13H2,1H3,(H,19,23)(H,21,22). The first-order chi connectivity index (χ1) is 11.6. The number of nitrogens with one attached hydrogen (secondary N) is 2. The fourth-order valence-corrected chi connectivity index (χ4v) is 2.05. The summed E-state index contributed by atoms with van der Waals surface area (Å²) in [5.74, 6) is 0.340. The molecular formula is C18H21N3O3. The van der Waals surface area contributed by atoms with Gasteiger partial charge in [0.15, 0.2) is 0 Å². The van der Waals surface area contributed by atoms with Crippen LogP contribution in [0.3, 0.4) is 0 Å². The summed E-state index contributed by atoms with van der Waals surface area (Å²) in [6.07, 6.45) is 2.69. The number of carbonyl (C=O) groups is 2. The highest BCUT2D eigenvalue weighted by atomic mass is 16.3. The molecule has 2 N–H and O–H groups in total. The van der Waals surface area contributed by atoms with E-state index in [1.165, 1.54) is 0 Å². The maximum atomic E-state index is 11.8. The van der Waals surface area contributed by atoms with Gasteiger partial charge in [0, 0.05) is 12.1 Å². The predicted molar refractivity (Wildman–Crippen MR) is 91.2 cm³/mol. The molecule has 1 heterocycles. The number of aryl methyl sites for hydroxylation is 1. The van der Waals surface area contributed by atoms with Crippen molar-refractivity contribution in [2.75, 3.05) is 0 Å². The van der Waals surface area contributed by atoms with E-state index in [4.69, 9.17) is 4.42 Å². The number of hydrazone groups is 1. The molecule has 0 saturated carbocycles. The lowest BCUT2D eigenvalue weighted by Gasteiger charge is -2.04. The zero-order valence-corrected chi connectivity index (χ0v) is 13.6. The van der Waals surface area contributed by atoms with E-state index in [1.807, 2.05) is 30.3 Å². The number of benzene rings is 1. The molecule has 0 unspecified atom stereocenters. The van der Waals surface area contributed by atoms with Crippen molar-refractivity contribution in [1.29, 1.82) is 0 Å².